The highest BCUT2D eigenvalue weighted by molar-refractivity contribution is 5.09. The van der Waals surface area contributed by atoms with Crippen molar-refractivity contribution in [3.63, 3.8) is 0 Å². The van der Waals surface area contributed by atoms with Crippen LogP contribution in [0.4, 0.5) is 0 Å². The summed E-state index contributed by atoms with van der Waals surface area (Å²) >= 11 is 0. The molecule has 1 aromatic rings. The molecule has 1 aliphatic rings. The van der Waals surface area contributed by atoms with Crippen molar-refractivity contribution < 1.29 is 0 Å². The van der Waals surface area contributed by atoms with E-state index in [1.54, 1.807) is 4.68 Å². The molecule has 4 nitrogen and oxygen atoms in total. The summed E-state index contributed by atoms with van der Waals surface area (Å²) in [5.41, 5.74) is 0.750. The van der Waals surface area contributed by atoms with Crippen LogP contribution in [0.2, 0.25) is 0 Å². The molecule has 2 atom stereocenters. The molecule has 0 bridgehead atoms. The van der Waals surface area contributed by atoms with Gasteiger partial charge in [-0.3, -0.25) is 4.68 Å². The van der Waals surface area contributed by atoms with Gasteiger partial charge in [-0.15, -0.1) is 5.10 Å². The summed E-state index contributed by atoms with van der Waals surface area (Å²) in [7, 11) is 1.87. The molecule has 0 aliphatic heterocycles. The quantitative estimate of drug-likeness (QED) is 0.804. The van der Waals surface area contributed by atoms with E-state index in [-0.39, 0.29) is 5.41 Å². The van der Waals surface area contributed by atoms with Gasteiger partial charge in [-0.05, 0) is 18.8 Å². The van der Waals surface area contributed by atoms with Crippen LogP contribution in [0.3, 0.4) is 0 Å². The smallest absolute Gasteiger partial charge is 0.0842 e. The van der Waals surface area contributed by atoms with E-state index < -0.39 is 0 Å². The maximum Gasteiger partial charge on any atom is 0.0842 e. The van der Waals surface area contributed by atoms with E-state index >= 15 is 0 Å². The molecule has 0 amide bonds. The van der Waals surface area contributed by atoms with Crippen LogP contribution >= 0.6 is 0 Å². The van der Waals surface area contributed by atoms with Gasteiger partial charge in [-0.25, -0.2) is 0 Å². The van der Waals surface area contributed by atoms with E-state index in [0.29, 0.717) is 5.92 Å². The zero-order valence-corrected chi connectivity index (χ0v) is 10.7. The number of nitriles is 1. The zero-order chi connectivity index (χ0) is 12.3. The molecule has 92 valence electrons. The molecule has 2 rings (SSSR count). The van der Waals surface area contributed by atoms with Crippen LogP contribution < -0.4 is 0 Å². The Hall–Kier alpha value is -1.37. The van der Waals surface area contributed by atoms with E-state index in [2.05, 4.69) is 23.3 Å². The summed E-state index contributed by atoms with van der Waals surface area (Å²) in [5, 5.41) is 17.6. The Morgan fingerprint density at radius 2 is 2.47 bits per heavy atom. The van der Waals surface area contributed by atoms with Gasteiger partial charge in [-0.1, -0.05) is 31.4 Å². The van der Waals surface area contributed by atoms with Gasteiger partial charge in [0.1, 0.15) is 0 Å². The molecule has 0 saturated heterocycles. The van der Waals surface area contributed by atoms with Gasteiger partial charge in [0.25, 0.3) is 0 Å². The molecule has 17 heavy (non-hydrogen) atoms. The van der Waals surface area contributed by atoms with Gasteiger partial charge in [0.15, 0.2) is 0 Å². The predicted octanol–water partition coefficient (Wildman–Crippen LogP) is 2.47. The van der Waals surface area contributed by atoms with Crippen molar-refractivity contribution in [1.29, 1.82) is 5.26 Å². The average Bonchev–Trinajstić information content (AvgIpc) is 2.75. The Bertz CT molecular complexity index is 417. The minimum atomic E-state index is -0.199. The van der Waals surface area contributed by atoms with Crippen molar-refractivity contribution in [2.24, 2.45) is 18.4 Å². The third kappa shape index (κ3) is 2.66. The highest BCUT2D eigenvalue weighted by Crippen LogP contribution is 2.42. The standard InChI is InChI=1S/C13H20N4/c1-3-11-5-4-6-13(7-11,10-14)8-12-9-17(2)16-15-12/h9,11H,3-8H2,1-2H3. The van der Waals surface area contributed by atoms with Crippen molar-refractivity contribution in [1.82, 2.24) is 15.0 Å². The van der Waals surface area contributed by atoms with E-state index in [1.807, 2.05) is 13.2 Å². The van der Waals surface area contributed by atoms with Crippen molar-refractivity contribution in [3.8, 4) is 6.07 Å². The second kappa shape index (κ2) is 4.87. The van der Waals surface area contributed by atoms with Crippen LogP contribution in [0.25, 0.3) is 0 Å². The van der Waals surface area contributed by atoms with Gasteiger partial charge >= 0.3 is 0 Å². The number of aryl methyl sites for hydroxylation is 1. The fourth-order valence-corrected chi connectivity index (χ4v) is 2.96. The van der Waals surface area contributed by atoms with Gasteiger partial charge in [0.2, 0.25) is 0 Å². The van der Waals surface area contributed by atoms with Crippen molar-refractivity contribution >= 4 is 0 Å². The Morgan fingerprint density at radius 1 is 1.65 bits per heavy atom. The van der Waals surface area contributed by atoms with Gasteiger partial charge < -0.3 is 0 Å². The molecule has 2 unspecified atom stereocenters. The molecule has 1 aromatic heterocycles. The number of hydrogen-bond acceptors (Lipinski definition) is 3. The first kappa shape index (κ1) is 12.1. The Balaban J connectivity index is 2.12. The van der Waals surface area contributed by atoms with Crippen molar-refractivity contribution in [2.45, 2.75) is 45.4 Å². The Labute approximate surface area is 103 Å². The van der Waals surface area contributed by atoms with Crippen LogP contribution in [0.15, 0.2) is 6.20 Å². The predicted molar refractivity (Wildman–Crippen MR) is 65.0 cm³/mol. The van der Waals surface area contributed by atoms with Crippen LogP contribution in [-0.2, 0) is 13.5 Å². The summed E-state index contributed by atoms with van der Waals surface area (Å²) in [6.45, 7) is 2.22. The van der Waals surface area contributed by atoms with Crippen LogP contribution in [-0.4, -0.2) is 15.0 Å². The lowest BCUT2D eigenvalue weighted by molar-refractivity contribution is 0.193. The Morgan fingerprint density at radius 3 is 3.06 bits per heavy atom. The largest absolute Gasteiger partial charge is 0.255 e. The molecular weight excluding hydrogens is 212 g/mol. The molecule has 1 heterocycles. The molecule has 1 saturated carbocycles. The highest BCUT2D eigenvalue weighted by Gasteiger charge is 2.36. The lowest BCUT2D eigenvalue weighted by Gasteiger charge is -2.34. The normalized spacial score (nSPS) is 28.9. The lowest BCUT2D eigenvalue weighted by Crippen LogP contribution is -2.29. The first-order valence-corrected chi connectivity index (χ1v) is 6.44. The molecule has 1 fully saturated rings. The molecule has 0 radical (unpaired) electrons. The highest BCUT2D eigenvalue weighted by atomic mass is 15.4. The maximum atomic E-state index is 9.52. The number of aromatic nitrogens is 3. The van der Waals surface area contributed by atoms with Gasteiger partial charge in [0, 0.05) is 19.7 Å². The molecular formula is C13H20N4. The first-order chi connectivity index (χ1) is 8.17. The molecule has 1 aliphatic carbocycles. The third-order valence-electron chi connectivity index (χ3n) is 3.93. The van der Waals surface area contributed by atoms with Crippen LogP contribution in [0.1, 0.15) is 44.7 Å². The minimum absolute atomic E-state index is 0.199. The van der Waals surface area contributed by atoms with E-state index in [4.69, 9.17) is 0 Å². The van der Waals surface area contributed by atoms with E-state index in [1.165, 1.54) is 19.3 Å². The van der Waals surface area contributed by atoms with E-state index in [9.17, 15) is 5.26 Å². The van der Waals surface area contributed by atoms with Crippen LogP contribution in [0.5, 0.6) is 0 Å². The number of rotatable bonds is 3. The monoisotopic (exact) mass is 232 g/mol. The molecule has 4 heteroatoms. The average molecular weight is 232 g/mol. The summed E-state index contributed by atoms with van der Waals surface area (Å²) in [5.74, 6) is 0.708. The zero-order valence-electron chi connectivity index (χ0n) is 10.7. The lowest BCUT2D eigenvalue weighted by atomic mass is 9.67. The maximum absolute atomic E-state index is 9.52. The summed E-state index contributed by atoms with van der Waals surface area (Å²) in [6.07, 6.45) is 8.35. The van der Waals surface area contributed by atoms with Crippen molar-refractivity contribution in [3.05, 3.63) is 11.9 Å². The summed E-state index contributed by atoms with van der Waals surface area (Å²) < 4.78 is 1.71. The Kier molecular flexibility index (Phi) is 3.46. The fourth-order valence-electron chi connectivity index (χ4n) is 2.96. The molecule has 0 spiro atoms. The SMILES string of the molecule is CCC1CCCC(C#N)(Cc2cn(C)nn2)C1. The summed E-state index contributed by atoms with van der Waals surface area (Å²) in [4.78, 5) is 0. The number of hydrogen-bond donors (Lipinski definition) is 0. The van der Waals surface area contributed by atoms with Crippen molar-refractivity contribution in [2.75, 3.05) is 0 Å². The van der Waals surface area contributed by atoms with Gasteiger partial charge in [0.05, 0.1) is 17.2 Å². The molecule has 0 N–H and O–H groups in total. The molecule has 0 aromatic carbocycles. The second-order valence-electron chi connectivity index (χ2n) is 5.32. The minimum Gasteiger partial charge on any atom is -0.255 e. The fraction of sp³-hybridized carbons (Fsp3) is 0.769. The van der Waals surface area contributed by atoms with Crippen LogP contribution in [0, 0.1) is 22.7 Å². The van der Waals surface area contributed by atoms with Gasteiger partial charge in [-0.2, -0.15) is 5.26 Å². The number of nitrogens with zero attached hydrogens (tertiary/aromatic N) is 4. The topological polar surface area (TPSA) is 54.5 Å². The first-order valence-electron chi connectivity index (χ1n) is 6.44. The third-order valence-corrected chi connectivity index (χ3v) is 3.93. The summed E-state index contributed by atoms with van der Waals surface area (Å²) in [6, 6.07) is 2.56. The van der Waals surface area contributed by atoms with E-state index in [0.717, 1.165) is 25.0 Å². The second-order valence-corrected chi connectivity index (χ2v) is 5.32.